The summed E-state index contributed by atoms with van der Waals surface area (Å²) in [6.07, 6.45) is 6.28. The van der Waals surface area contributed by atoms with Crippen LogP contribution in [-0.2, 0) is 11.3 Å². The van der Waals surface area contributed by atoms with Crippen LogP contribution in [0.3, 0.4) is 0 Å². The Morgan fingerprint density at radius 1 is 1.06 bits per heavy atom. The number of furan rings is 1. The molecule has 0 atom stereocenters. The van der Waals surface area contributed by atoms with Gasteiger partial charge in [-0.3, -0.25) is 9.78 Å². The molecule has 0 bridgehead atoms. The van der Waals surface area contributed by atoms with E-state index >= 15 is 0 Å². The largest absolute Gasteiger partial charge is 0.454 e. The zero-order valence-corrected chi connectivity index (χ0v) is 16.9. The number of amides is 1. The molecule has 0 saturated heterocycles. The van der Waals surface area contributed by atoms with Crippen molar-refractivity contribution in [2.24, 2.45) is 0 Å². The fourth-order valence-corrected chi connectivity index (χ4v) is 3.79. The molecule has 1 amide bonds. The zero-order valence-electron chi connectivity index (χ0n) is 16.1. The molecule has 4 aromatic heterocycles. The molecule has 5 aromatic rings. The van der Waals surface area contributed by atoms with Crippen molar-refractivity contribution in [1.29, 1.82) is 0 Å². The average molecular weight is 429 g/mol. The second-order valence-electron chi connectivity index (χ2n) is 6.49. The van der Waals surface area contributed by atoms with E-state index < -0.39 is 0 Å². The van der Waals surface area contributed by atoms with E-state index in [1.807, 2.05) is 30.3 Å². The van der Waals surface area contributed by atoms with Crippen molar-refractivity contribution in [2.45, 2.75) is 6.54 Å². The highest BCUT2D eigenvalue weighted by atomic mass is 32.1. The average Bonchev–Trinajstić information content (AvgIpc) is 3.56. The summed E-state index contributed by atoms with van der Waals surface area (Å²) >= 11 is 1.56. The molecule has 1 aromatic carbocycles. The van der Waals surface area contributed by atoms with Crippen molar-refractivity contribution >= 4 is 33.5 Å². The first-order valence-electron chi connectivity index (χ1n) is 9.39. The minimum absolute atomic E-state index is 0.121. The second-order valence-corrected chi connectivity index (χ2v) is 7.52. The fraction of sp³-hybridized carbons (Fsp3) is 0.0455. The van der Waals surface area contributed by atoms with Gasteiger partial charge in [0.05, 0.1) is 16.8 Å². The molecule has 4 heterocycles. The predicted molar refractivity (Wildman–Crippen MR) is 116 cm³/mol. The number of benzene rings is 1. The SMILES string of the molecule is O=C(/C=C/c1ccc(-c2nc3ccccc3s2)o1)NCc1nc(-c2ccncc2)no1. The normalized spacial score (nSPS) is 11.4. The number of nitrogens with one attached hydrogen (secondary N) is 1. The highest BCUT2D eigenvalue weighted by molar-refractivity contribution is 7.21. The van der Waals surface area contributed by atoms with Gasteiger partial charge < -0.3 is 14.3 Å². The number of rotatable bonds is 6. The first-order valence-corrected chi connectivity index (χ1v) is 10.2. The third-order valence-electron chi connectivity index (χ3n) is 4.35. The number of thiazole rings is 1. The molecule has 0 spiro atoms. The first-order chi connectivity index (χ1) is 15.2. The van der Waals surface area contributed by atoms with Gasteiger partial charge in [0.2, 0.25) is 17.6 Å². The lowest BCUT2D eigenvalue weighted by Crippen LogP contribution is -2.20. The summed E-state index contributed by atoms with van der Waals surface area (Å²) < 4.78 is 12.1. The molecule has 0 aliphatic rings. The van der Waals surface area contributed by atoms with Gasteiger partial charge in [0.1, 0.15) is 5.76 Å². The Morgan fingerprint density at radius 3 is 2.81 bits per heavy atom. The van der Waals surface area contributed by atoms with Gasteiger partial charge in [-0.15, -0.1) is 11.3 Å². The third kappa shape index (κ3) is 4.26. The molecule has 0 saturated carbocycles. The molecule has 0 aliphatic carbocycles. The van der Waals surface area contributed by atoms with Gasteiger partial charge in [-0.2, -0.15) is 4.98 Å². The summed E-state index contributed by atoms with van der Waals surface area (Å²) in [7, 11) is 0. The molecule has 9 heteroatoms. The van der Waals surface area contributed by atoms with Crippen LogP contribution in [0.4, 0.5) is 0 Å². The molecule has 0 fully saturated rings. The van der Waals surface area contributed by atoms with Crippen molar-refractivity contribution in [3.05, 3.63) is 78.7 Å². The zero-order chi connectivity index (χ0) is 21.0. The van der Waals surface area contributed by atoms with Crippen LogP contribution in [0.5, 0.6) is 0 Å². The standard InChI is InChI=1S/C22H15N5O3S/c28-19(24-13-20-26-21(27-30-20)14-9-11-23-12-10-14)8-6-15-5-7-17(29-15)22-25-16-3-1-2-4-18(16)31-22/h1-12H,13H2,(H,24,28)/b8-6+. The van der Waals surface area contributed by atoms with Gasteiger partial charge in [0.25, 0.3) is 0 Å². The van der Waals surface area contributed by atoms with Gasteiger partial charge in [-0.05, 0) is 42.5 Å². The van der Waals surface area contributed by atoms with Gasteiger partial charge in [-0.1, -0.05) is 17.3 Å². The number of carbonyl (C=O) groups excluding carboxylic acids is 1. The molecule has 31 heavy (non-hydrogen) atoms. The van der Waals surface area contributed by atoms with Crippen LogP contribution in [0.1, 0.15) is 11.7 Å². The Bertz CT molecular complexity index is 1340. The summed E-state index contributed by atoms with van der Waals surface area (Å²) in [6.45, 7) is 0.121. The number of pyridine rings is 1. The fourth-order valence-electron chi connectivity index (χ4n) is 2.86. The van der Waals surface area contributed by atoms with Crippen LogP contribution in [0, 0.1) is 0 Å². The summed E-state index contributed by atoms with van der Waals surface area (Å²) in [5.41, 5.74) is 1.72. The number of para-hydroxylation sites is 1. The smallest absolute Gasteiger partial charge is 0.246 e. The van der Waals surface area contributed by atoms with Gasteiger partial charge >= 0.3 is 0 Å². The summed E-state index contributed by atoms with van der Waals surface area (Å²) in [5, 5.41) is 7.40. The Balaban J connectivity index is 1.19. The maximum atomic E-state index is 12.1. The van der Waals surface area contributed by atoms with E-state index in [4.69, 9.17) is 8.94 Å². The number of fused-ring (bicyclic) bond motifs is 1. The minimum atomic E-state index is -0.304. The number of hydrogen-bond acceptors (Lipinski definition) is 8. The Labute approximate surface area is 180 Å². The Kier molecular flexibility index (Phi) is 5.07. The van der Waals surface area contributed by atoms with Crippen molar-refractivity contribution < 1.29 is 13.7 Å². The maximum absolute atomic E-state index is 12.1. The van der Waals surface area contributed by atoms with E-state index in [2.05, 4.69) is 25.4 Å². The van der Waals surface area contributed by atoms with Crippen LogP contribution in [0.15, 0.2) is 75.9 Å². The number of hydrogen-bond donors (Lipinski definition) is 1. The lowest BCUT2D eigenvalue weighted by Gasteiger charge is -1.96. The van der Waals surface area contributed by atoms with Crippen LogP contribution < -0.4 is 5.32 Å². The van der Waals surface area contributed by atoms with Crippen molar-refractivity contribution in [2.75, 3.05) is 0 Å². The highest BCUT2D eigenvalue weighted by Gasteiger charge is 2.11. The predicted octanol–water partition coefficient (Wildman–Crippen LogP) is 4.33. The molecule has 5 rings (SSSR count). The van der Waals surface area contributed by atoms with E-state index in [0.717, 1.165) is 20.8 Å². The summed E-state index contributed by atoms with van der Waals surface area (Å²) in [5.74, 6) is 1.67. The van der Waals surface area contributed by atoms with Crippen LogP contribution in [-0.4, -0.2) is 26.0 Å². The van der Waals surface area contributed by atoms with Crippen molar-refractivity contribution in [3.63, 3.8) is 0 Å². The lowest BCUT2D eigenvalue weighted by atomic mass is 10.2. The van der Waals surface area contributed by atoms with Crippen molar-refractivity contribution in [3.8, 4) is 22.2 Å². The molecule has 8 nitrogen and oxygen atoms in total. The van der Waals surface area contributed by atoms with Gasteiger partial charge in [-0.25, -0.2) is 4.98 Å². The van der Waals surface area contributed by atoms with E-state index in [-0.39, 0.29) is 12.5 Å². The monoisotopic (exact) mass is 429 g/mol. The van der Waals surface area contributed by atoms with Gasteiger partial charge in [0.15, 0.2) is 10.8 Å². The maximum Gasteiger partial charge on any atom is 0.246 e. The number of carbonyl (C=O) groups is 1. The third-order valence-corrected chi connectivity index (χ3v) is 5.40. The Morgan fingerprint density at radius 2 is 1.94 bits per heavy atom. The molecule has 1 N–H and O–H groups in total. The Hall–Kier alpha value is -4.11. The quantitative estimate of drug-likeness (QED) is 0.400. The minimum Gasteiger partial charge on any atom is -0.454 e. The lowest BCUT2D eigenvalue weighted by molar-refractivity contribution is -0.116. The summed E-state index contributed by atoms with van der Waals surface area (Å²) in [4.78, 5) is 24.9. The van der Waals surface area contributed by atoms with Crippen LogP contribution >= 0.6 is 11.3 Å². The van der Waals surface area contributed by atoms with Crippen LogP contribution in [0.25, 0.3) is 38.4 Å². The molecular weight excluding hydrogens is 414 g/mol. The second kappa shape index (κ2) is 8.33. The molecule has 0 radical (unpaired) electrons. The van der Waals surface area contributed by atoms with Gasteiger partial charge in [0, 0.05) is 24.0 Å². The molecule has 152 valence electrons. The van der Waals surface area contributed by atoms with E-state index in [9.17, 15) is 4.79 Å². The van der Waals surface area contributed by atoms with E-state index in [1.165, 1.54) is 6.08 Å². The number of aromatic nitrogens is 4. The highest BCUT2D eigenvalue weighted by Crippen LogP contribution is 2.31. The summed E-state index contributed by atoms with van der Waals surface area (Å²) in [6, 6.07) is 15.1. The van der Waals surface area contributed by atoms with Crippen LogP contribution in [0.2, 0.25) is 0 Å². The topological polar surface area (TPSA) is 107 Å². The van der Waals surface area contributed by atoms with Crippen molar-refractivity contribution in [1.82, 2.24) is 25.4 Å². The van der Waals surface area contributed by atoms with E-state index in [1.54, 1.807) is 48.0 Å². The van der Waals surface area contributed by atoms with E-state index in [0.29, 0.717) is 23.2 Å². The molecule has 0 aliphatic heterocycles. The molecule has 0 unspecified atom stereocenters. The first kappa shape index (κ1) is 18.9. The number of nitrogens with zero attached hydrogens (tertiary/aromatic N) is 4. The molecular formula is C22H15N5O3S.